The molecule has 1 aliphatic carbocycles. The maximum Gasteiger partial charge on any atom is 0.139 e. The van der Waals surface area contributed by atoms with Gasteiger partial charge in [-0.15, -0.1) is 0 Å². The first-order valence-electron chi connectivity index (χ1n) is 7.11. The van der Waals surface area contributed by atoms with Crippen LogP contribution in [0.3, 0.4) is 0 Å². The second-order valence-electron chi connectivity index (χ2n) is 5.05. The molecule has 1 aliphatic rings. The molecule has 0 atom stereocenters. The summed E-state index contributed by atoms with van der Waals surface area (Å²) in [6, 6.07) is 3.81. The van der Waals surface area contributed by atoms with E-state index in [0.717, 1.165) is 29.9 Å². The Morgan fingerprint density at radius 3 is 3.05 bits per heavy atom. The molecule has 4 nitrogen and oxygen atoms in total. The highest BCUT2D eigenvalue weighted by atomic mass is 16.5. The van der Waals surface area contributed by atoms with Crippen LogP contribution < -0.4 is 5.32 Å². The Hall–Kier alpha value is -1.55. The van der Waals surface area contributed by atoms with Crippen LogP contribution in [0.2, 0.25) is 0 Å². The molecule has 3 rings (SSSR count). The third kappa shape index (κ3) is 3.07. The van der Waals surface area contributed by atoms with Crippen LogP contribution in [-0.4, -0.2) is 24.2 Å². The Morgan fingerprint density at radius 1 is 1.26 bits per heavy atom. The van der Waals surface area contributed by atoms with Gasteiger partial charge >= 0.3 is 0 Å². The molecule has 2 aromatic heterocycles. The van der Waals surface area contributed by atoms with Gasteiger partial charge in [-0.2, -0.15) is 0 Å². The first-order chi connectivity index (χ1) is 9.43. The first kappa shape index (κ1) is 12.5. The molecule has 0 spiro atoms. The van der Waals surface area contributed by atoms with E-state index in [1.807, 2.05) is 12.1 Å². The molecular formula is C15H20N2O2. The van der Waals surface area contributed by atoms with Crippen molar-refractivity contribution in [2.45, 2.75) is 38.2 Å². The minimum absolute atomic E-state index is 0.466. The topological polar surface area (TPSA) is 47.3 Å². The largest absolute Gasteiger partial charge is 0.464 e. The lowest BCUT2D eigenvalue weighted by Crippen LogP contribution is -2.20. The molecule has 2 heterocycles. The summed E-state index contributed by atoms with van der Waals surface area (Å²) in [6.45, 7) is 1.52. The number of fused-ring (bicyclic) bond motifs is 1. The number of hydrogen-bond acceptors (Lipinski definition) is 4. The number of aromatic nitrogens is 1. The summed E-state index contributed by atoms with van der Waals surface area (Å²) in [6.07, 6.45) is 10.3. The Balaban J connectivity index is 1.48. The predicted octanol–water partition coefficient (Wildman–Crippen LogP) is 3.59. The summed E-state index contributed by atoms with van der Waals surface area (Å²) in [5, 5.41) is 4.35. The van der Waals surface area contributed by atoms with Crippen molar-refractivity contribution in [3.05, 3.63) is 24.6 Å². The second kappa shape index (κ2) is 6.06. The minimum atomic E-state index is 0.466. The molecule has 0 aromatic carbocycles. The second-order valence-corrected chi connectivity index (χ2v) is 5.05. The zero-order valence-corrected chi connectivity index (χ0v) is 11.1. The third-order valence-corrected chi connectivity index (χ3v) is 3.68. The molecule has 19 heavy (non-hydrogen) atoms. The van der Waals surface area contributed by atoms with Gasteiger partial charge in [0.2, 0.25) is 0 Å². The molecule has 0 radical (unpaired) electrons. The fourth-order valence-electron chi connectivity index (χ4n) is 2.66. The van der Waals surface area contributed by atoms with Crippen molar-refractivity contribution in [1.82, 2.24) is 4.98 Å². The normalized spacial score (nSPS) is 16.8. The lowest BCUT2D eigenvalue weighted by atomic mass is 9.98. The maximum atomic E-state index is 5.88. The number of nitrogens with zero attached hydrogens (tertiary/aromatic N) is 1. The SMILES string of the molecule is c1cc2occc2c(NCCOC2CCCCC2)n1. The summed E-state index contributed by atoms with van der Waals surface area (Å²) in [7, 11) is 0. The minimum Gasteiger partial charge on any atom is -0.464 e. The van der Waals surface area contributed by atoms with Crippen LogP contribution in [0.5, 0.6) is 0 Å². The molecule has 0 amide bonds. The summed E-state index contributed by atoms with van der Waals surface area (Å²) in [4.78, 5) is 4.34. The Labute approximate surface area is 113 Å². The number of pyridine rings is 1. The maximum absolute atomic E-state index is 5.88. The van der Waals surface area contributed by atoms with E-state index < -0.39 is 0 Å². The van der Waals surface area contributed by atoms with Crippen LogP contribution in [0.25, 0.3) is 11.0 Å². The summed E-state index contributed by atoms with van der Waals surface area (Å²) in [5.41, 5.74) is 0.866. The standard InChI is InChI=1S/C15H20N2O2/c1-2-4-12(5-3-1)18-11-9-17-15-13-7-10-19-14(13)6-8-16-15/h6-8,10,12H,1-5,9,11H2,(H,16,17). The van der Waals surface area contributed by atoms with Gasteiger partial charge in [0.1, 0.15) is 11.4 Å². The fraction of sp³-hybridized carbons (Fsp3) is 0.533. The van der Waals surface area contributed by atoms with Crippen LogP contribution in [0.4, 0.5) is 5.82 Å². The first-order valence-corrected chi connectivity index (χ1v) is 7.11. The van der Waals surface area contributed by atoms with Gasteiger partial charge in [-0.25, -0.2) is 4.98 Å². The molecule has 2 aromatic rings. The van der Waals surface area contributed by atoms with E-state index in [0.29, 0.717) is 6.10 Å². The lowest BCUT2D eigenvalue weighted by Gasteiger charge is -2.22. The van der Waals surface area contributed by atoms with Gasteiger partial charge in [0.15, 0.2) is 0 Å². The fourth-order valence-corrected chi connectivity index (χ4v) is 2.66. The highest BCUT2D eigenvalue weighted by Crippen LogP contribution is 2.22. The smallest absolute Gasteiger partial charge is 0.139 e. The van der Waals surface area contributed by atoms with Crippen LogP contribution in [0.1, 0.15) is 32.1 Å². The molecule has 1 saturated carbocycles. The Bertz CT molecular complexity index is 518. The lowest BCUT2D eigenvalue weighted by molar-refractivity contribution is 0.0347. The van der Waals surface area contributed by atoms with E-state index in [-0.39, 0.29) is 0 Å². The van der Waals surface area contributed by atoms with Crippen molar-refractivity contribution in [2.24, 2.45) is 0 Å². The molecule has 1 N–H and O–H groups in total. The quantitative estimate of drug-likeness (QED) is 0.835. The van der Waals surface area contributed by atoms with E-state index in [4.69, 9.17) is 9.15 Å². The molecule has 0 unspecified atom stereocenters. The summed E-state index contributed by atoms with van der Waals surface area (Å²) >= 11 is 0. The van der Waals surface area contributed by atoms with E-state index in [9.17, 15) is 0 Å². The average Bonchev–Trinajstić information content (AvgIpc) is 2.94. The van der Waals surface area contributed by atoms with Crippen molar-refractivity contribution < 1.29 is 9.15 Å². The molecule has 102 valence electrons. The molecule has 4 heteroatoms. The number of ether oxygens (including phenoxy) is 1. The highest BCUT2D eigenvalue weighted by molar-refractivity contribution is 5.87. The molecular weight excluding hydrogens is 240 g/mol. The van der Waals surface area contributed by atoms with Crippen LogP contribution >= 0.6 is 0 Å². The van der Waals surface area contributed by atoms with Gasteiger partial charge in [-0.1, -0.05) is 19.3 Å². The number of hydrogen-bond donors (Lipinski definition) is 1. The van der Waals surface area contributed by atoms with Gasteiger partial charge in [0.25, 0.3) is 0 Å². The monoisotopic (exact) mass is 260 g/mol. The molecule has 0 aliphatic heterocycles. The van der Waals surface area contributed by atoms with Crippen LogP contribution in [0.15, 0.2) is 29.0 Å². The zero-order valence-electron chi connectivity index (χ0n) is 11.1. The van der Waals surface area contributed by atoms with E-state index in [2.05, 4.69) is 10.3 Å². The third-order valence-electron chi connectivity index (χ3n) is 3.68. The van der Waals surface area contributed by atoms with Crippen molar-refractivity contribution in [3.8, 4) is 0 Å². The zero-order chi connectivity index (χ0) is 12.9. The van der Waals surface area contributed by atoms with Crippen molar-refractivity contribution >= 4 is 16.8 Å². The van der Waals surface area contributed by atoms with Gasteiger partial charge in [0.05, 0.1) is 24.4 Å². The summed E-state index contributed by atoms with van der Waals surface area (Å²) in [5.74, 6) is 0.874. The highest BCUT2D eigenvalue weighted by Gasteiger charge is 2.13. The van der Waals surface area contributed by atoms with Gasteiger partial charge < -0.3 is 14.5 Å². The van der Waals surface area contributed by atoms with Gasteiger partial charge in [-0.05, 0) is 25.0 Å². The van der Waals surface area contributed by atoms with E-state index >= 15 is 0 Å². The predicted molar refractivity (Wildman–Crippen MR) is 75.3 cm³/mol. The number of furan rings is 1. The van der Waals surface area contributed by atoms with Crippen LogP contribution in [-0.2, 0) is 4.74 Å². The average molecular weight is 260 g/mol. The van der Waals surface area contributed by atoms with E-state index in [1.165, 1.54) is 32.1 Å². The number of nitrogens with one attached hydrogen (secondary N) is 1. The Kier molecular flexibility index (Phi) is 3.98. The van der Waals surface area contributed by atoms with Crippen molar-refractivity contribution in [1.29, 1.82) is 0 Å². The Morgan fingerprint density at radius 2 is 2.16 bits per heavy atom. The van der Waals surface area contributed by atoms with E-state index in [1.54, 1.807) is 12.5 Å². The van der Waals surface area contributed by atoms with Gasteiger partial charge in [0, 0.05) is 12.7 Å². The summed E-state index contributed by atoms with van der Waals surface area (Å²) < 4.78 is 11.2. The number of rotatable bonds is 5. The van der Waals surface area contributed by atoms with Crippen molar-refractivity contribution in [2.75, 3.05) is 18.5 Å². The molecule has 0 saturated heterocycles. The van der Waals surface area contributed by atoms with Crippen LogP contribution in [0, 0.1) is 0 Å². The van der Waals surface area contributed by atoms with Crippen molar-refractivity contribution in [3.63, 3.8) is 0 Å². The van der Waals surface area contributed by atoms with Gasteiger partial charge in [-0.3, -0.25) is 0 Å². The number of anilines is 1. The molecule has 1 fully saturated rings. The molecule has 0 bridgehead atoms.